The van der Waals surface area contributed by atoms with Gasteiger partial charge in [0.1, 0.15) is 0 Å². The predicted molar refractivity (Wildman–Crippen MR) is 81.4 cm³/mol. The second-order valence-corrected chi connectivity index (χ2v) is 5.48. The summed E-state index contributed by atoms with van der Waals surface area (Å²) in [5, 5.41) is 0. The highest BCUT2D eigenvalue weighted by molar-refractivity contribution is 5.77. The van der Waals surface area contributed by atoms with E-state index in [-0.39, 0.29) is 5.66 Å². The molecule has 19 heavy (non-hydrogen) atoms. The fraction of sp³-hybridized carbons (Fsp3) is 0.375. The third kappa shape index (κ3) is 2.44. The molecule has 0 saturated carbocycles. The van der Waals surface area contributed by atoms with Gasteiger partial charge in [-0.05, 0) is 39.8 Å². The lowest BCUT2D eigenvalue weighted by Gasteiger charge is -2.45. The summed E-state index contributed by atoms with van der Waals surface area (Å²) in [7, 11) is 8.35. The van der Waals surface area contributed by atoms with Crippen LogP contribution in [0, 0.1) is 0 Å². The standard InChI is InChI=1S/C16H23N3/c1-18(2)16(19(3)4)11-10-14(15(17)12-16)13-8-6-5-7-9-13/h5-11H,12,17H2,1-4H3. The van der Waals surface area contributed by atoms with Gasteiger partial charge in [-0.2, -0.15) is 0 Å². The van der Waals surface area contributed by atoms with E-state index in [4.69, 9.17) is 5.73 Å². The lowest BCUT2D eigenvalue weighted by atomic mass is 9.89. The van der Waals surface area contributed by atoms with Crippen LogP contribution < -0.4 is 5.73 Å². The topological polar surface area (TPSA) is 32.5 Å². The van der Waals surface area contributed by atoms with Crippen molar-refractivity contribution in [2.24, 2.45) is 5.73 Å². The van der Waals surface area contributed by atoms with Crippen molar-refractivity contribution < 1.29 is 0 Å². The van der Waals surface area contributed by atoms with E-state index in [9.17, 15) is 0 Å². The summed E-state index contributed by atoms with van der Waals surface area (Å²) in [6.07, 6.45) is 5.20. The molecule has 0 heterocycles. The van der Waals surface area contributed by atoms with Crippen LogP contribution in [0.25, 0.3) is 5.57 Å². The van der Waals surface area contributed by atoms with E-state index in [1.807, 2.05) is 18.2 Å². The van der Waals surface area contributed by atoms with E-state index in [0.717, 1.165) is 17.7 Å². The van der Waals surface area contributed by atoms with Crippen molar-refractivity contribution in [2.45, 2.75) is 12.1 Å². The van der Waals surface area contributed by atoms with Gasteiger partial charge in [0.2, 0.25) is 0 Å². The average Bonchev–Trinajstić information content (AvgIpc) is 2.39. The van der Waals surface area contributed by atoms with Crippen molar-refractivity contribution in [2.75, 3.05) is 28.2 Å². The van der Waals surface area contributed by atoms with Crippen molar-refractivity contribution in [3.8, 4) is 0 Å². The Morgan fingerprint density at radius 3 is 2.05 bits per heavy atom. The maximum absolute atomic E-state index is 6.34. The molecule has 0 atom stereocenters. The molecule has 0 radical (unpaired) electrons. The Kier molecular flexibility index (Phi) is 3.78. The molecule has 3 heteroatoms. The van der Waals surface area contributed by atoms with Crippen LogP contribution in [0.4, 0.5) is 0 Å². The van der Waals surface area contributed by atoms with Crippen molar-refractivity contribution in [3.63, 3.8) is 0 Å². The zero-order valence-corrected chi connectivity index (χ0v) is 12.2. The van der Waals surface area contributed by atoms with Crippen LogP contribution in [0.15, 0.2) is 48.2 Å². The number of nitrogens with zero attached hydrogens (tertiary/aromatic N) is 2. The number of hydrogen-bond donors (Lipinski definition) is 1. The smallest absolute Gasteiger partial charge is 0.0978 e. The first-order valence-corrected chi connectivity index (χ1v) is 6.55. The molecule has 0 aromatic heterocycles. The maximum Gasteiger partial charge on any atom is 0.0978 e. The molecule has 2 N–H and O–H groups in total. The fourth-order valence-corrected chi connectivity index (χ4v) is 2.67. The van der Waals surface area contributed by atoms with Crippen molar-refractivity contribution in [1.82, 2.24) is 9.80 Å². The maximum atomic E-state index is 6.34. The number of allylic oxidation sites excluding steroid dienone is 2. The Labute approximate surface area is 116 Å². The summed E-state index contributed by atoms with van der Waals surface area (Å²) in [6.45, 7) is 0. The first kappa shape index (κ1) is 13.8. The van der Waals surface area contributed by atoms with Gasteiger partial charge in [-0.1, -0.05) is 36.4 Å². The molecule has 0 amide bonds. The van der Waals surface area contributed by atoms with Crippen LogP contribution in [-0.2, 0) is 0 Å². The van der Waals surface area contributed by atoms with Crippen molar-refractivity contribution in [1.29, 1.82) is 0 Å². The van der Waals surface area contributed by atoms with E-state index in [1.165, 1.54) is 5.56 Å². The Morgan fingerprint density at radius 1 is 1.00 bits per heavy atom. The van der Waals surface area contributed by atoms with E-state index in [1.54, 1.807) is 0 Å². The second kappa shape index (κ2) is 5.19. The van der Waals surface area contributed by atoms with Gasteiger partial charge < -0.3 is 5.73 Å². The zero-order valence-electron chi connectivity index (χ0n) is 12.2. The number of hydrogen-bond acceptors (Lipinski definition) is 3. The SMILES string of the molecule is CN(C)C1(N(C)C)C=CC(c2ccccc2)=C(N)C1. The van der Waals surface area contributed by atoms with Gasteiger partial charge in [0.05, 0.1) is 5.66 Å². The molecule has 0 aliphatic heterocycles. The van der Waals surface area contributed by atoms with Gasteiger partial charge in [-0.15, -0.1) is 0 Å². The zero-order chi connectivity index (χ0) is 14.0. The first-order chi connectivity index (χ1) is 8.97. The molecular formula is C16H23N3. The lowest BCUT2D eigenvalue weighted by molar-refractivity contribution is 0.0494. The quantitative estimate of drug-likeness (QED) is 0.842. The summed E-state index contributed by atoms with van der Waals surface area (Å²) in [6, 6.07) is 10.3. The number of benzene rings is 1. The summed E-state index contributed by atoms with van der Waals surface area (Å²) in [5.74, 6) is 0. The normalized spacial score (nSPS) is 18.4. The molecule has 1 aliphatic rings. The molecule has 1 aromatic rings. The largest absolute Gasteiger partial charge is 0.401 e. The van der Waals surface area contributed by atoms with Gasteiger partial charge in [0.25, 0.3) is 0 Å². The highest BCUT2D eigenvalue weighted by Gasteiger charge is 2.35. The van der Waals surface area contributed by atoms with Gasteiger partial charge in [-0.25, -0.2) is 0 Å². The third-order valence-corrected chi connectivity index (χ3v) is 3.95. The predicted octanol–water partition coefficient (Wildman–Crippen LogP) is 2.14. The Balaban J connectivity index is 2.38. The van der Waals surface area contributed by atoms with Gasteiger partial charge in [0.15, 0.2) is 0 Å². The summed E-state index contributed by atoms with van der Waals surface area (Å²) in [5.41, 5.74) is 9.46. The second-order valence-electron chi connectivity index (χ2n) is 5.48. The molecule has 2 rings (SSSR count). The number of nitrogens with two attached hydrogens (primary N) is 1. The molecule has 0 unspecified atom stereocenters. The summed E-state index contributed by atoms with van der Waals surface area (Å²) >= 11 is 0. The van der Waals surface area contributed by atoms with Crippen LogP contribution in [0.2, 0.25) is 0 Å². The molecule has 0 bridgehead atoms. The Morgan fingerprint density at radius 2 is 1.58 bits per heavy atom. The van der Waals surface area contributed by atoms with Gasteiger partial charge in [0, 0.05) is 17.7 Å². The van der Waals surface area contributed by atoms with Crippen molar-refractivity contribution in [3.05, 3.63) is 53.7 Å². The summed E-state index contributed by atoms with van der Waals surface area (Å²) < 4.78 is 0. The van der Waals surface area contributed by atoms with Crippen LogP contribution in [-0.4, -0.2) is 43.7 Å². The number of rotatable bonds is 3. The van der Waals surface area contributed by atoms with E-state index in [2.05, 4.69) is 62.3 Å². The van der Waals surface area contributed by atoms with Crippen molar-refractivity contribution >= 4 is 5.57 Å². The van der Waals surface area contributed by atoms with Gasteiger partial charge >= 0.3 is 0 Å². The van der Waals surface area contributed by atoms with E-state index in [0.29, 0.717) is 0 Å². The number of likely N-dealkylation sites (N-methyl/N-ethyl adjacent to an activating group) is 2. The lowest BCUT2D eigenvalue weighted by Crippen LogP contribution is -2.55. The van der Waals surface area contributed by atoms with Crippen LogP contribution >= 0.6 is 0 Å². The molecular weight excluding hydrogens is 234 g/mol. The Bertz CT molecular complexity index is 490. The molecule has 0 spiro atoms. The average molecular weight is 257 g/mol. The van der Waals surface area contributed by atoms with E-state index >= 15 is 0 Å². The molecule has 0 saturated heterocycles. The van der Waals surface area contributed by atoms with Gasteiger partial charge in [-0.3, -0.25) is 9.80 Å². The minimum Gasteiger partial charge on any atom is -0.401 e. The first-order valence-electron chi connectivity index (χ1n) is 6.55. The fourth-order valence-electron chi connectivity index (χ4n) is 2.67. The molecule has 0 fully saturated rings. The highest BCUT2D eigenvalue weighted by Crippen LogP contribution is 2.33. The molecule has 102 valence electrons. The Hall–Kier alpha value is -1.58. The van der Waals surface area contributed by atoms with Crippen LogP contribution in [0.1, 0.15) is 12.0 Å². The highest BCUT2D eigenvalue weighted by atomic mass is 15.4. The molecule has 3 nitrogen and oxygen atoms in total. The van der Waals surface area contributed by atoms with E-state index < -0.39 is 0 Å². The third-order valence-electron chi connectivity index (χ3n) is 3.95. The molecule has 1 aromatic carbocycles. The molecule has 1 aliphatic carbocycles. The monoisotopic (exact) mass is 257 g/mol. The minimum absolute atomic E-state index is 0.137. The summed E-state index contributed by atoms with van der Waals surface area (Å²) in [4.78, 5) is 4.41. The van der Waals surface area contributed by atoms with Crippen LogP contribution in [0.3, 0.4) is 0 Å². The minimum atomic E-state index is -0.137. The van der Waals surface area contributed by atoms with Crippen LogP contribution in [0.5, 0.6) is 0 Å².